The molecule has 1 aliphatic rings. The Morgan fingerprint density at radius 3 is 2.25 bits per heavy atom. The largest absolute Gasteiger partial charge is 0.433 e. The predicted molar refractivity (Wildman–Crippen MR) is 98.8 cm³/mol. The standard InChI is InChI=1S/C19H29F3N4O2/c1-5-13(6-2)18(28)25-9-7-14(8-10-25)24-17(27)15-11-23-26(12(3)4)16(15)19(20,21)22/h11-14H,5-10H2,1-4H3,(H,24,27). The number of piperidine rings is 1. The van der Waals surface area contributed by atoms with E-state index in [1.807, 2.05) is 13.8 Å². The minimum atomic E-state index is -4.67. The van der Waals surface area contributed by atoms with E-state index in [0.29, 0.717) is 25.9 Å². The monoisotopic (exact) mass is 402 g/mol. The van der Waals surface area contributed by atoms with Crippen LogP contribution in [0.4, 0.5) is 13.2 Å². The van der Waals surface area contributed by atoms with Crippen molar-refractivity contribution >= 4 is 11.8 Å². The zero-order chi connectivity index (χ0) is 21.1. The Hall–Kier alpha value is -2.06. The van der Waals surface area contributed by atoms with Crippen molar-refractivity contribution in [3.05, 3.63) is 17.5 Å². The van der Waals surface area contributed by atoms with Gasteiger partial charge in [0.2, 0.25) is 5.91 Å². The van der Waals surface area contributed by atoms with E-state index in [4.69, 9.17) is 0 Å². The lowest BCUT2D eigenvalue weighted by Gasteiger charge is -2.34. The number of carbonyl (C=O) groups is 2. The average Bonchev–Trinajstić information content (AvgIpc) is 3.09. The number of carbonyl (C=O) groups excluding carboxylic acids is 2. The van der Waals surface area contributed by atoms with Gasteiger partial charge in [-0.1, -0.05) is 13.8 Å². The second-order valence-corrected chi connectivity index (χ2v) is 7.53. The molecule has 28 heavy (non-hydrogen) atoms. The molecule has 2 heterocycles. The molecule has 158 valence electrons. The van der Waals surface area contributed by atoms with Crippen molar-refractivity contribution in [3.63, 3.8) is 0 Å². The highest BCUT2D eigenvalue weighted by molar-refractivity contribution is 5.95. The van der Waals surface area contributed by atoms with Crippen LogP contribution >= 0.6 is 0 Å². The molecule has 1 aromatic heterocycles. The van der Waals surface area contributed by atoms with Gasteiger partial charge in [-0.3, -0.25) is 14.3 Å². The fourth-order valence-corrected chi connectivity index (χ4v) is 3.61. The fraction of sp³-hybridized carbons (Fsp3) is 0.737. The van der Waals surface area contributed by atoms with Crippen molar-refractivity contribution in [3.8, 4) is 0 Å². The quantitative estimate of drug-likeness (QED) is 0.790. The highest BCUT2D eigenvalue weighted by Crippen LogP contribution is 2.33. The van der Waals surface area contributed by atoms with Crippen molar-refractivity contribution in [1.82, 2.24) is 20.0 Å². The molecule has 0 saturated carbocycles. The summed E-state index contributed by atoms with van der Waals surface area (Å²) in [7, 11) is 0. The number of hydrogen-bond acceptors (Lipinski definition) is 3. The number of nitrogens with zero attached hydrogens (tertiary/aromatic N) is 3. The van der Waals surface area contributed by atoms with E-state index in [0.717, 1.165) is 23.7 Å². The lowest BCUT2D eigenvalue weighted by Crippen LogP contribution is -2.48. The van der Waals surface area contributed by atoms with Gasteiger partial charge in [0, 0.05) is 31.1 Å². The number of nitrogens with one attached hydrogen (secondary N) is 1. The topological polar surface area (TPSA) is 67.2 Å². The third-order valence-electron chi connectivity index (χ3n) is 5.27. The minimum Gasteiger partial charge on any atom is -0.349 e. The Balaban J connectivity index is 2.03. The van der Waals surface area contributed by atoms with Gasteiger partial charge < -0.3 is 10.2 Å². The molecule has 0 bridgehead atoms. The van der Waals surface area contributed by atoms with Crippen molar-refractivity contribution in [2.45, 2.75) is 71.6 Å². The molecule has 1 saturated heterocycles. The summed E-state index contributed by atoms with van der Waals surface area (Å²) in [6, 6.07) is -0.778. The van der Waals surface area contributed by atoms with Gasteiger partial charge in [-0.15, -0.1) is 0 Å². The van der Waals surface area contributed by atoms with Gasteiger partial charge in [-0.05, 0) is 39.5 Å². The lowest BCUT2D eigenvalue weighted by molar-refractivity contribution is -0.145. The van der Waals surface area contributed by atoms with E-state index >= 15 is 0 Å². The van der Waals surface area contributed by atoms with E-state index in [9.17, 15) is 22.8 Å². The molecule has 0 spiro atoms. The van der Waals surface area contributed by atoms with Gasteiger partial charge in [0.1, 0.15) is 0 Å². The molecule has 2 rings (SSSR count). The molecule has 0 radical (unpaired) electrons. The van der Waals surface area contributed by atoms with E-state index in [1.165, 1.54) is 0 Å². The van der Waals surface area contributed by atoms with Gasteiger partial charge in [-0.2, -0.15) is 18.3 Å². The lowest BCUT2D eigenvalue weighted by atomic mass is 9.98. The maximum atomic E-state index is 13.4. The molecule has 0 aliphatic carbocycles. The zero-order valence-corrected chi connectivity index (χ0v) is 16.8. The van der Waals surface area contributed by atoms with Crippen LogP contribution in [0.25, 0.3) is 0 Å². The normalized spacial score (nSPS) is 16.1. The second-order valence-electron chi connectivity index (χ2n) is 7.53. The Morgan fingerprint density at radius 2 is 1.79 bits per heavy atom. The maximum absolute atomic E-state index is 13.4. The van der Waals surface area contributed by atoms with Crippen LogP contribution in [0.15, 0.2) is 6.20 Å². The van der Waals surface area contributed by atoms with Crippen molar-refractivity contribution in [1.29, 1.82) is 0 Å². The smallest absolute Gasteiger partial charge is 0.349 e. The first-order valence-corrected chi connectivity index (χ1v) is 9.84. The van der Waals surface area contributed by atoms with Crippen LogP contribution < -0.4 is 5.32 Å². The van der Waals surface area contributed by atoms with Crippen LogP contribution in [0, 0.1) is 5.92 Å². The van der Waals surface area contributed by atoms with E-state index in [2.05, 4.69) is 10.4 Å². The fourth-order valence-electron chi connectivity index (χ4n) is 3.61. The second kappa shape index (κ2) is 8.96. The Bertz CT molecular complexity index is 688. The Labute approximate surface area is 163 Å². The summed E-state index contributed by atoms with van der Waals surface area (Å²) in [4.78, 5) is 26.7. The third-order valence-corrected chi connectivity index (χ3v) is 5.27. The zero-order valence-electron chi connectivity index (χ0n) is 16.8. The summed E-state index contributed by atoms with van der Waals surface area (Å²) in [6.45, 7) is 8.12. The molecule has 1 N–H and O–H groups in total. The molecule has 0 unspecified atom stereocenters. The molecule has 9 heteroatoms. The van der Waals surface area contributed by atoms with Crippen molar-refractivity contribution < 1.29 is 22.8 Å². The van der Waals surface area contributed by atoms with Crippen LogP contribution in [0.3, 0.4) is 0 Å². The first kappa shape index (κ1) is 22.2. The van der Waals surface area contributed by atoms with E-state index in [-0.39, 0.29) is 17.9 Å². The molecule has 1 fully saturated rings. The Morgan fingerprint density at radius 1 is 1.21 bits per heavy atom. The number of amides is 2. The first-order valence-electron chi connectivity index (χ1n) is 9.84. The molecule has 1 aliphatic heterocycles. The number of likely N-dealkylation sites (tertiary alicyclic amines) is 1. The Kier molecular flexibility index (Phi) is 7.11. The predicted octanol–water partition coefficient (Wildman–Crippen LogP) is 3.64. The molecular formula is C19H29F3N4O2. The van der Waals surface area contributed by atoms with E-state index < -0.39 is 29.4 Å². The highest BCUT2D eigenvalue weighted by Gasteiger charge is 2.41. The van der Waals surface area contributed by atoms with Crippen molar-refractivity contribution in [2.75, 3.05) is 13.1 Å². The summed E-state index contributed by atoms with van der Waals surface area (Å²) in [6.07, 6.45) is -1.07. The summed E-state index contributed by atoms with van der Waals surface area (Å²) >= 11 is 0. The molecule has 1 aromatic rings. The average molecular weight is 402 g/mol. The number of rotatable bonds is 6. The highest BCUT2D eigenvalue weighted by atomic mass is 19.4. The van der Waals surface area contributed by atoms with Crippen LogP contribution in [0.5, 0.6) is 0 Å². The summed E-state index contributed by atoms with van der Waals surface area (Å²) in [5.74, 6) is -0.654. The molecule has 2 amide bonds. The van der Waals surface area contributed by atoms with Crippen LogP contribution in [0.1, 0.15) is 75.5 Å². The summed E-state index contributed by atoms with van der Waals surface area (Å²) in [5.41, 5.74) is -1.49. The van der Waals surface area contributed by atoms with E-state index in [1.54, 1.807) is 18.7 Å². The maximum Gasteiger partial charge on any atom is 0.433 e. The molecule has 6 nitrogen and oxygen atoms in total. The van der Waals surface area contributed by atoms with Gasteiger partial charge in [0.05, 0.1) is 11.8 Å². The van der Waals surface area contributed by atoms with Crippen LogP contribution in [-0.2, 0) is 11.0 Å². The summed E-state index contributed by atoms with van der Waals surface area (Å²) < 4.78 is 41.1. The van der Waals surface area contributed by atoms with Crippen LogP contribution in [0.2, 0.25) is 0 Å². The van der Waals surface area contributed by atoms with Gasteiger partial charge in [-0.25, -0.2) is 0 Å². The minimum absolute atomic E-state index is 0.00218. The third kappa shape index (κ3) is 4.86. The molecule has 0 aromatic carbocycles. The van der Waals surface area contributed by atoms with Gasteiger partial charge in [0.25, 0.3) is 5.91 Å². The molecule has 0 atom stereocenters. The van der Waals surface area contributed by atoms with Gasteiger partial charge in [0.15, 0.2) is 5.69 Å². The number of aromatic nitrogens is 2. The first-order chi connectivity index (χ1) is 13.1. The number of halogens is 3. The molecular weight excluding hydrogens is 373 g/mol. The van der Waals surface area contributed by atoms with Crippen molar-refractivity contribution in [2.24, 2.45) is 5.92 Å². The SMILES string of the molecule is CCC(CC)C(=O)N1CCC(NC(=O)c2cnn(C(C)C)c2C(F)(F)F)CC1. The number of alkyl halides is 3. The summed E-state index contributed by atoms with van der Waals surface area (Å²) in [5, 5.41) is 6.44. The van der Waals surface area contributed by atoms with Gasteiger partial charge >= 0.3 is 6.18 Å². The van der Waals surface area contributed by atoms with Crippen LogP contribution in [-0.4, -0.2) is 45.6 Å². The number of hydrogen-bond donors (Lipinski definition) is 1.